The number of benzene rings is 1. The van der Waals surface area contributed by atoms with Crippen molar-refractivity contribution in [3.63, 3.8) is 0 Å². The summed E-state index contributed by atoms with van der Waals surface area (Å²) in [6.07, 6.45) is 1.62. The zero-order chi connectivity index (χ0) is 9.42. The van der Waals surface area contributed by atoms with Crippen LogP contribution in [0.25, 0.3) is 10.9 Å². The van der Waals surface area contributed by atoms with E-state index in [1.807, 2.05) is 0 Å². The molecule has 1 aromatic carbocycles. The number of nitrogen functional groups attached to an aromatic ring is 1. The maximum Gasteiger partial charge on any atom is 0.0947 e. The SMILES string of the molecule is Nc1cc(Cl)cc2c(Cl)ccnc12. The highest BCUT2D eigenvalue weighted by Crippen LogP contribution is 2.28. The Hall–Kier alpha value is -0.990. The number of nitrogens with two attached hydrogens (primary N) is 1. The van der Waals surface area contributed by atoms with E-state index in [0.29, 0.717) is 21.2 Å². The number of pyridine rings is 1. The Morgan fingerprint density at radius 1 is 1.23 bits per heavy atom. The van der Waals surface area contributed by atoms with Gasteiger partial charge in [0.15, 0.2) is 0 Å². The van der Waals surface area contributed by atoms with Crippen LogP contribution in [0.2, 0.25) is 10.0 Å². The summed E-state index contributed by atoms with van der Waals surface area (Å²) < 4.78 is 0. The molecule has 2 aromatic rings. The largest absolute Gasteiger partial charge is 0.397 e. The quantitative estimate of drug-likeness (QED) is 0.682. The Bertz CT molecular complexity index is 468. The summed E-state index contributed by atoms with van der Waals surface area (Å²) in [5.74, 6) is 0. The molecule has 13 heavy (non-hydrogen) atoms. The van der Waals surface area contributed by atoms with Crippen LogP contribution in [0.4, 0.5) is 5.69 Å². The fourth-order valence-electron chi connectivity index (χ4n) is 1.21. The topological polar surface area (TPSA) is 38.9 Å². The summed E-state index contributed by atoms with van der Waals surface area (Å²) >= 11 is 11.8. The molecule has 2 nitrogen and oxygen atoms in total. The zero-order valence-corrected chi connectivity index (χ0v) is 8.10. The molecule has 0 spiro atoms. The van der Waals surface area contributed by atoms with E-state index in [9.17, 15) is 0 Å². The number of fused-ring (bicyclic) bond motifs is 1. The molecule has 2 rings (SSSR count). The zero-order valence-electron chi connectivity index (χ0n) is 6.59. The van der Waals surface area contributed by atoms with Crippen LogP contribution >= 0.6 is 23.2 Å². The highest BCUT2D eigenvalue weighted by molar-refractivity contribution is 6.37. The third-order valence-corrected chi connectivity index (χ3v) is 2.33. The summed E-state index contributed by atoms with van der Waals surface area (Å²) in [4.78, 5) is 4.11. The highest BCUT2D eigenvalue weighted by atomic mass is 35.5. The average Bonchev–Trinajstić information content (AvgIpc) is 2.07. The number of anilines is 1. The molecule has 4 heteroatoms. The minimum atomic E-state index is 0.546. The predicted octanol–water partition coefficient (Wildman–Crippen LogP) is 3.12. The first kappa shape index (κ1) is 8.60. The second-order valence-electron chi connectivity index (χ2n) is 2.68. The Morgan fingerprint density at radius 3 is 2.77 bits per heavy atom. The van der Waals surface area contributed by atoms with Gasteiger partial charge < -0.3 is 5.73 Å². The number of hydrogen-bond donors (Lipinski definition) is 1. The second-order valence-corrected chi connectivity index (χ2v) is 3.53. The van der Waals surface area contributed by atoms with Crippen LogP contribution in [0.5, 0.6) is 0 Å². The fourth-order valence-corrected chi connectivity index (χ4v) is 1.64. The molecular weight excluding hydrogens is 207 g/mol. The summed E-state index contributed by atoms with van der Waals surface area (Å²) in [5.41, 5.74) is 6.96. The molecule has 0 unspecified atom stereocenters. The molecule has 0 atom stereocenters. The Balaban J connectivity index is 2.94. The van der Waals surface area contributed by atoms with Crippen LogP contribution < -0.4 is 5.73 Å². The van der Waals surface area contributed by atoms with Crippen molar-refractivity contribution in [1.82, 2.24) is 4.98 Å². The van der Waals surface area contributed by atoms with Gasteiger partial charge in [0.2, 0.25) is 0 Å². The van der Waals surface area contributed by atoms with Crippen molar-refractivity contribution in [2.45, 2.75) is 0 Å². The molecule has 1 aromatic heterocycles. The third kappa shape index (κ3) is 1.43. The summed E-state index contributed by atoms with van der Waals surface area (Å²) in [5, 5.41) is 1.97. The lowest BCUT2D eigenvalue weighted by Crippen LogP contribution is -1.89. The number of halogens is 2. The van der Waals surface area contributed by atoms with Crippen molar-refractivity contribution in [3.05, 3.63) is 34.4 Å². The molecule has 66 valence electrons. The normalized spacial score (nSPS) is 10.6. The van der Waals surface area contributed by atoms with Crippen LogP contribution in [0.3, 0.4) is 0 Å². The molecule has 0 aliphatic carbocycles. The van der Waals surface area contributed by atoms with Gasteiger partial charge >= 0.3 is 0 Å². The van der Waals surface area contributed by atoms with Crippen molar-refractivity contribution in [2.24, 2.45) is 0 Å². The van der Waals surface area contributed by atoms with E-state index in [2.05, 4.69) is 4.98 Å². The number of hydrogen-bond acceptors (Lipinski definition) is 2. The fraction of sp³-hybridized carbons (Fsp3) is 0. The van der Waals surface area contributed by atoms with Crippen LogP contribution in [-0.2, 0) is 0 Å². The van der Waals surface area contributed by atoms with Crippen LogP contribution in [-0.4, -0.2) is 4.98 Å². The van der Waals surface area contributed by atoms with Crippen molar-refractivity contribution >= 4 is 39.8 Å². The highest BCUT2D eigenvalue weighted by Gasteiger charge is 2.04. The van der Waals surface area contributed by atoms with E-state index >= 15 is 0 Å². The van der Waals surface area contributed by atoms with Gasteiger partial charge in [-0.3, -0.25) is 4.98 Å². The summed E-state index contributed by atoms with van der Waals surface area (Å²) in [6.45, 7) is 0. The minimum Gasteiger partial charge on any atom is -0.397 e. The molecular formula is C9H6Cl2N2. The lowest BCUT2D eigenvalue weighted by atomic mass is 10.2. The van der Waals surface area contributed by atoms with E-state index in [-0.39, 0.29) is 0 Å². The average molecular weight is 213 g/mol. The van der Waals surface area contributed by atoms with Gasteiger partial charge in [0.1, 0.15) is 0 Å². The van der Waals surface area contributed by atoms with Gasteiger partial charge in [-0.1, -0.05) is 23.2 Å². The molecule has 0 aliphatic rings. The summed E-state index contributed by atoms with van der Waals surface area (Å²) in [6, 6.07) is 5.12. The van der Waals surface area contributed by atoms with E-state index in [4.69, 9.17) is 28.9 Å². The second kappa shape index (κ2) is 3.05. The van der Waals surface area contributed by atoms with E-state index in [0.717, 1.165) is 5.39 Å². The summed E-state index contributed by atoms with van der Waals surface area (Å²) in [7, 11) is 0. The van der Waals surface area contributed by atoms with Gasteiger partial charge in [-0.25, -0.2) is 0 Å². The lowest BCUT2D eigenvalue weighted by molar-refractivity contribution is 1.41. The molecule has 0 amide bonds. The van der Waals surface area contributed by atoms with Crippen molar-refractivity contribution in [3.8, 4) is 0 Å². The van der Waals surface area contributed by atoms with Crippen LogP contribution in [0.15, 0.2) is 24.4 Å². The minimum absolute atomic E-state index is 0.546. The maximum atomic E-state index is 5.95. The number of aromatic nitrogens is 1. The molecule has 0 radical (unpaired) electrons. The van der Waals surface area contributed by atoms with Crippen LogP contribution in [0, 0.1) is 0 Å². The molecule has 2 N–H and O–H groups in total. The predicted molar refractivity (Wildman–Crippen MR) is 56.2 cm³/mol. The number of rotatable bonds is 0. The van der Waals surface area contributed by atoms with Crippen LogP contribution in [0.1, 0.15) is 0 Å². The maximum absolute atomic E-state index is 5.95. The first-order chi connectivity index (χ1) is 6.18. The molecule has 0 saturated heterocycles. The smallest absolute Gasteiger partial charge is 0.0947 e. The van der Waals surface area contributed by atoms with E-state index < -0.39 is 0 Å². The van der Waals surface area contributed by atoms with Crippen molar-refractivity contribution in [2.75, 3.05) is 5.73 Å². The van der Waals surface area contributed by atoms with Gasteiger partial charge in [-0.15, -0.1) is 0 Å². The molecule has 0 saturated carbocycles. The van der Waals surface area contributed by atoms with Gasteiger partial charge in [0, 0.05) is 16.6 Å². The Morgan fingerprint density at radius 2 is 2.00 bits per heavy atom. The first-order valence-corrected chi connectivity index (χ1v) is 4.43. The van der Waals surface area contributed by atoms with Gasteiger partial charge in [0.05, 0.1) is 16.2 Å². The third-order valence-electron chi connectivity index (χ3n) is 1.79. The van der Waals surface area contributed by atoms with Crippen molar-refractivity contribution in [1.29, 1.82) is 0 Å². The lowest BCUT2D eigenvalue weighted by Gasteiger charge is -2.02. The first-order valence-electron chi connectivity index (χ1n) is 3.68. The molecule has 0 bridgehead atoms. The Labute approximate surface area is 85.3 Å². The van der Waals surface area contributed by atoms with Gasteiger partial charge in [-0.05, 0) is 18.2 Å². The van der Waals surface area contributed by atoms with E-state index in [1.165, 1.54) is 0 Å². The molecule has 0 fully saturated rings. The van der Waals surface area contributed by atoms with E-state index in [1.54, 1.807) is 24.4 Å². The van der Waals surface area contributed by atoms with Gasteiger partial charge in [-0.2, -0.15) is 0 Å². The molecule has 0 aliphatic heterocycles. The standard InChI is InChI=1S/C9H6Cl2N2/c10-5-3-6-7(11)1-2-13-9(6)8(12)4-5/h1-4H,12H2. The van der Waals surface area contributed by atoms with Crippen molar-refractivity contribution < 1.29 is 0 Å². The number of nitrogens with zero attached hydrogens (tertiary/aromatic N) is 1. The Kier molecular flexibility index (Phi) is 2.02. The van der Waals surface area contributed by atoms with Gasteiger partial charge in [0.25, 0.3) is 0 Å². The monoisotopic (exact) mass is 212 g/mol. The molecule has 1 heterocycles.